The molecule has 0 radical (unpaired) electrons. The molecule has 0 saturated heterocycles. The van der Waals surface area contributed by atoms with Gasteiger partial charge in [-0.05, 0) is 40.5 Å². The number of nitriles is 1. The van der Waals surface area contributed by atoms with E-state index >= 15 is 0 Å². The molecule has 0 rings (SSSR count). The van der Waals surface area contributed by atoms with Crippen LogP contribution in [0.15, 0.2) is 0 Å². The molecule has 0 amide bonds. The molecule has 0 bridgehead atoms. The van der Waals surface area contributed by atoms with E-state index in [-0.39, 0.29) is 5.92 Å². The highest BCUT2D eigenvalue weighted by atomic mass is 31.2. The lowest BCUT2D eigenvalue weighted by Crippen LogP contribution is -2.34. The van der Waals surface area contributed by atoms with Crippen LogP contribution in [-0.2, 0) is 18.5 Å². The van der Waals surface area contributed by atoms with Crippen molar-refractivity contribution in [1.82, 2.24) is 4.67 Å². The summed E-state index contributed by atoms with van der Waals surface area (Å²) in [5, 5.41) is 9.10. The summed E-state index contributed by atoms with van der Waals surface area (Å²) in [4.78, 5) is 0. The predicted octanol–water partition coefficient (Wildman–Crippen LogP) is 16.1. The third kappa shape index (κ3) is 39.0. The topological polar surface area (TPSA) is 64.0 Å². The zero-order chi connectivity index (χ0) is 40.3. The van der Waals surface area contributed by atoms with Crippen LogP contribution in [0.4, 0.5) is 0 Å². The van der Waals surface area contributed by atoms with E-state index in [1.807, 2.05) is 0 Å². The van der Waals surface area contributed by atoms with Crippen LogP contribution < -0.4 is 0 Å². The van der Waals surface area contributed by atoms with Crippen LogP contribution in [0.1, 0.15) is 247 Å². The lowest BCUT2D eigenvalue weighted by atomic mass is 10.0. The molecule has 0 aliphatic heterocycles. The van der Waals surface area contributed by atoms with E-state index in [1.165, 1.54) is 186 Å². The van der Waals surface area contributed by atoms with Crippen molar-refractivity contribution in [2.45, 2.75) is 259 Å². The van der Waals surface area contributed by atoms with Gasteiger partial charge < -0.3 is 18.5 Å². The third-order valence-corrected chi connectivity index (χ3v) is 12.9. The van der Waals surface area contributed by atoms with Gasteiger partial charge in [-0.15, -0.1) is 0 Å². The molecule has 0 spiro atoms. The quantitative estimate of drug-likeness (QED) is 0.0452. The van der Waals surface area contributed by atoms with Crippen LogP contribution in [0.2, 0.25) is 0 Å². The second kappa shape index (κ2) is 44.8. The van der Waals surface area contributed by atoms with Gasteiger partial charge >= 0.3 is 0 Å². The number of rotatable bonds is 46. The van der Waals surface area contributed by atoms with Crippen molar-refractivity contribution in [1.29, 1.82) is 5.26 Å². The van der Waals surface area contributed by atoms with Crippen molar-refractivity contribution in [3.05, 3.63) is 0 Å². The average molecular weight is 797 g/mol. The normalized spacial score (nSPS) is 13.0. The molecule has 0 aromatic rings. The van der Waals surface area contributed by atoms with E-state index in [9.17, 15) is 0 Å². The summed E-state index contributed by atoms with van der Waals surface area (Å²) < 4.78 is 27.4. The molecule has 0 aromatic heterocycles. The number of ether oxygens (including phenoxy) is 2. The van der Waals surface area contributed by atoms with Gasteiger partial charge in [-0.1, -0.05) is 200 Å². The van der Waals surface area contributed by atoms with Crippen molar-refractivity contribution in [2.75, 3.05) is 39.6 Å². The first kappa shape index (κ1) is 54.7. The van der Waals surface area contributed by atoms with Crippen LogP contribution in [0.3, 0.4) is 0 Å². The minimum atomic E-state index is -1.26. The molecule has 0 heterocycles. The summed E-state index contributed by atoms with van der Waals surface area (Å²) in [6.07, 6.45) is 43.1. The molecule has 0 N–H and O–H groups in total. The molecular formula is C48H97N2O4P. The zero-order valence-corrected chi connectivity index (χ0v) is 39.0. The summed E-state index contributed by atoms with van der Waals surface area (Å²) in [5.41, 5.74) is 0. The number of nitrogens with zero attached hydrogens (tertiary/aromatic N) is 2. The molecule has 0 fully saturated rings. The van der Waals surface area contributed by atoms with Crippen LogP contribution in [-0.4, -0.2) is 56.4 Å². The minimum absolute atomic E-state index is 0.170. The van der Waals surface area contributed by atoms with E-state index in [4.69, 9.17) is 23.8 Å². The fraction of sp³-hybridized carbons (Fsp3) is 0.979. The highest BCUT2D eigenvalue weighted by molar-refractivity contribution is 7.44. The first-order chi connectivity index (χ1) is 27.0. The molecule has 0 saturated carbocycles. The largest absolute Gasteiger partial charge is 0.381 e. The van der Waals surface area contributed by atoms with E-state index in [0.29, 0.717) is 44.9 Å². The standard InChI is InChI=1S/C48H97N2O4P/c1-7-9-11-13-15-17-19-21-23-25-27-29-31-33-35-37-41-52-44-48(45-54-55(53-42-38-39-49)50(46(3)4)47(5)6)43-51-40-36-34-32-30-28-26-24-22-20-18-16-14-12-10-8-2/h46-48H,7-38,40-45H2,1-6H3. The zero-order valence-electron chi connectivity index (χ0n) is 38.1. The van der Waals surface area contributed by atoms with Gasteiger partial charge in [0, 0.05) is 31.2 Å². The van der Waals surface area contributed by atoms with Crippen molar-refractivity contribution >= 4 is 8.53 Å². The Kier molecular flexibility index (Phi) is 44.6. The lowest BCUT2D eigenvalue weighted by molar-refractivity contribution is 0.0153. The highest BCUT2D eigenvalue weighted by Gasteiger charge is 2.28. The summed E-state index contributed by atoms with van der Waals surface area (Å²) in [7, 11) is -1.26. The van der Waals surface area contributed by atoms with Gasteiger partial charge in [-0.3, -0.25) is 0 Å². The van der Waals surface area contributed by atoms with Gasteiger partial charge in [0.2, 0.25) is 0 Å². The summed E-state index contributed by atoms with van der Waals surface area (Å²) in [5.74, 6) is 0.170. The Morgan fingerprint density at radius 3 is 1.02 bits per heavy atom. The lowest BCUT2D eigenvalue weighted by Gasteiger charge is -2.36. The molecule has 2 atom stereocenters. The number of hydrogen-bond donors (Lipinski definition) is 0. The van der Waals surface area contributed by atoms with Crippen LogP contribution in [0.5, 0.6) is 0 Å². The fourth-order valence-electron chi connectivity index (χ4n) is 7.45. The molecule has 2 unspecified atom stereocenters. The Morgan fingerprint density at radius 1 is 0.418 bits per heavy atom. The Hall–Kier alpha value is -0.280. The van der Waals surface area contributed by atoms with Gasteiger partial charge in [-0.2, -0.15) is 5.26 Å². The molecule has 7 heteroatoms. The Balaban J connectivity index is 4.34. The molecule has 6 nitrogen and oxygen atoms in total. The van der Waals surface area contributed by atoms with E-state index < -0.39 is 8.53 Å². The summed E-state index contributed by atoms with van der Waals surface area (Å²) in [6, 6.07) is 2.79. The number of hydrogen-bond acceptors (Lipinski definition) is 6. The van der Waals surface area contributed by atoms with Gasteiger partial charge in [0.25, 0.3) is 8.53 Å². The van der Waals surface area contributed by atoms with Gasteiger partial charge in [0.05, 0.1) is 38.9 Å². The molecule has 328 valence electrons. The average Bonchev–Trinajstić information content (AvgIpc) is 3.16. The van der Waals surface area contributed by atoms with Crippen LogP contribution >= 0.6 is 8.53 Å². The van der Waals surface area contributed by atoms with Crippen molar-refractivity contribution in [3.63, 3.8) is 0 Å². The molecule has 0 aliphatic rings. The first-order valence-electron chi connectivity index (χ1n) is 24.3. The molecule has 0 aliphatic carbocycles. The van der Waals surface area contributed by atoms with E-state index in [0.717, 1.165) is 26.1 Å². The van der Waals surface area contributed by atoms with Crippen molar-refractivity contribution < 1.29 is 18.5 Å². The Morgan fingerprint density at radius 2 is 0.727 bits per heavy atom. The van der Waals surface area contributed by atoms with Crippen molar-refractivity contribution in [3.8, 4) is 6.07 Å². The smallest absolute Gasteiger partial charge is 0.259 e. The second-order valence-electron chi connectivity index (χ2n) is 17.1. The predicted molar refractivity (Wildman–Crippen MR) is 241 cm³/mol. The van der Waals surface area contributed by atoms with E-state index in [1.54, 1.807) is 0 Å². The highest BCUT2D eigenvalue weighted by Crippen LogP contribution is 2.46. The monoisotopic (exact) mass is 797 g/mol. The van der Waals surface area contributed by atoms with E-state index in [2.05, 4.69) is 52.3 Å². The van der Waals surface area contributed by atoms with Crippen LogP contribution in [0.25, 0.3) is 0 Å². The Bertz CT molecular complexity index is 772. The summed E-state index contributed by atoms with van der Waals surface area (Å²) >= 11 is 0. The fourth-order valence-corrected chi connectivity index (χ4v) is 9.14. The molecule has 55 heavy (non-hydrogen) atoms. The molecule has 0 aromatic carbocycles. The maximum atomic E-state index is 9.10. The van der Waals surface area contributed by atoms with Crippen LogP contribution in [0, 0.1) is 17.2 Å². The maximum absolute atomic E-state index is 9.10. The van der Waals surface area contributed by atoms with Gasteiger partial charge in [-0.25, -0.2) is 4.67 Å². The third-order valence-electron chi connectivity index (χ3n) is 10.8. The molecular weight excluding hydrogens is 700 g/mol. The maximum Gasteiger partial charge on any atom is 0.259 e. The summed E-state index contributed by atoms with van der Waals surface area (Å²) in [6.45, 7) is 17.2. The first-order valence-corrected chi connectivity index (χ1v) is 25.5. The van der Waals surface area contributed by atoms with Crippen molar-refractivity contribution in [2.24, 2.45) is 5.92 Å². The van der Waals surface area contributed by atoms with Gasteiger partial charge in [0.15, 0.2) is 0 Å². The van der Waals surface area contributed by atoms with Gasteiger partial charge in [0.1, 0.15) is 0 Å². The minimum Gasteiger partial charge on any atom is -0.381 e. The Labute approximate surface area is 346 Å². The second-order valence-corrected chi connectivity index (χ2v) is 18.6. The number of unbranched alkanes of at least 4 members (excludes halogenated alkanes) is 29. The SMILES string of the molecule is CCCCCCCCCCCCCCCCCCOCC(COCCCCCCCCCCCCCCCCC)COP(OCCC#N)N(C(C)C)C(C)C.